The molecule has 9 rings (SSSR count). The van der Waals surface area contributed by atoms with Crippen molar-refractivity contribution in [2.24, 2.45) is 5.92 Å². The highest BCUT2D eigenvalue weighted by Crippen LogP contribution is 2.39. The summed E-state index contributed by atoms with van der Waals surface area (Å²) in [6, 6.07) is 10.9. The van der Waals surface area contributed by atoms with Crippen LogP contribution in [0.3, 0.4) is 0 Å². The van der Waals surface area contributed by atoms with Crippen LogP contribution in [0.2, 0.25) is 0 Å². The minimum absolute atomic E-state index is 0.0458. The Labute approximate surface area is 458 Å². The molecular weight excluding hydrogens is 1020 g/mol. The van der Waals surface area contributed by atoms with Crippen LogP contribution in [0.4, 0.5) is 11.5 Å². The molecule has 2 saturated heterocycles. The molecule has 1 aliphatic carbocycles. The Balaban J connectivity index is 0.615. The SMILES string of the molecule is CC(C)N(C[C@H]1O[C@@H](n2cnc3c(NCCCCNC(=O)/C=C/OCCOCCOCCNc4cccc5c4C(=O)N(C4CCC(=O)NC4=O)C5=O)ncnc32)[C@H](O)[C@@H]1O)C1CC(CCc2nc3cc(C(C)(C)C)ccc3[nH]2)C1. The number of fused-ring (bicyclic) bond motifs is 3. The number of amides is 5. The number of imidazole rings is 2. The number of imide groups is 2. The van der Waals surface area contributed by atoms with E-state index in [0.717, 1.165) is 53.9 Å². The number of aliphatic hydroxyl groups excluding tert-OH is 2. The lowest BCUT2D eigenvalue weighted by atomic mass is 9.76. The lowest BCUT2D eigenvalue weighted by Crippen LogP contribution is -2.54. The zero-order valence-corrected chi connectivity index (χ0v) is 45.6. The molecule has 3 aromatic heterocycles. The quantitative estimate of drug-likeness (QED) is 0.0168. The first-order valence-corrected chi connectivity index (χ1v) is 27.5. The Morgan fingerprint density at radius 1 is 0.937 bits per heavy atom. The Hall–Kier alpha value is -6.89. The van der Waals surface area contributed by atoms with Gasteiger partial charge in [-0.25, -0.2) is 19.9 Å². The third-order valence-electron chi connectivity index (χ3n) is 15.1. The van der Waals surface area contributed by atoms with Crippen LogP contribution < -0.4 is 21.3 Å². The van der Waals surface area contributed by atoms with Crippen LogP contribution in [-0.2, 0) is 45.2 Å². The van der Waals surface area contributed by atoms with Crippen molar-refractivity contribution < 1.29 is 53.1 Å². The first kappa shape index (κ1) is 56.8. The van der Waals surface area contributed by atoms with Gasteiger partial charge in [0.05, 0.1) is 61.2 Å². The number of unbranched alkanes of at least 4 members (excludes halogenated alkanes) is 1. The fourth-order valence-corrected chi connectivity index (χ4v) is 10.7. The summed E-state index contributed by atoms with van der Waals surface area (Å²) in [5.74, 6) is -0.404. The van der Waals surface area contributed by atoms with Crippen molar-refractivity contribution in [2.45, 2.75) is 134 Å². The number of nitrogens with one attached hydrogen (secondary N) is 5. The molecule has 3 fully saturated rings. The molecule has 6 heterocycles. The van der Waals surface area contributed by atoms with Gasteiger partial charge < -0.3 is 50.1 Å². The minimum atomic E-state index is -1.19. The number of aryl methyl sites for hydroxylation is 1. The van der Waals surface area contributed by atoms with Gasteiger partial charge in [0, 0.05) is 62.9 Å². The first-order valence-electron chi connectivity index (χ1n) is 27.5. The molecular formula is C56H74N12O11. The summed E-state index contributed by atoms with van der Waals surface area (Å²) in [6.07, 6.45) is 7.45. The van der Waals surface area contributed by atoms with Crippen molar-refractivity contribution in [1.29, 1.82) is 0 Å². The number of hydrogen-bond acceptors (Lipinski definition) is 18. The number of ether oxygens (including phenoxy) is 4. The highest BCUT2D eigenvalue weighted by atomic mass is 16.6. The van der Waals surface area contributed by atoms with E-state index in [0.29, 0.717) is 87.0 Å². The molecule has 23 nitrogen and oxygen atoms in total. The maximum absolute atomic E-state index is 13.3. The van der Waals surface area contributed by atoms with Crippen LogP contribution in [0.5, 0.6) is 0 Å². The van der Waals surface area contributed by atoms with Crippen LogP contribution >= 0.6 is 0 Å². The molecule has 5 aromatic rings. The van der Waals surface area contributed by atoms with E-state index in [9.17, 15) is 34.2 Å². The summed E-state index contributed by atoms with van der Waals surface area (Å²) in [7, 11) is 0. The zero-order chi connectivity index (χ0) is 55.8. The highest BCUT2D eigenvalue weighted by molar-refractivity contribution is 6.25. The van der Waals surface area contributed by atoms with E-state index in [1.54, 1.807) is 23.0 Å². The normalized spacial score (nSPS) is 22.4. The minimum Gasteiger partial charge on any atom is -0.499 e. The number of benzene rings is 2. The molecule has 5 amide bonds. The number of aromatic nitrogens is 6. The van der Waals surface area contributed by atoms with E-state index in [2.05, 4.69) is 98.9 Å². The molecule has 4 aliphatic rings. The largest absolute Gasteiger partial charge is 0.499 e. The van der Waals surface area contributed by atoms with E-state index in [4.69, 9.17) is 23.9 Å². The lowest BCUT2D eigenvalue weighted by Gasteiger charge is -2.46. The van der Waals surface area contributed by atoms with Crippen molar-refractivity contribution in [3.05, 3.63) is 83.9 Å². The molecule has 0 bridgehead atoms. The number of H-pyrrole nitrogens is 1. The number of nitrogens with zero attached hydrogens (tertiary/aromatic N) is 7. The summed E-state index contributed by atoms with van der Waals surface area (Å²) in [4.78, 5) is 87.8. The zero-order valence-electron chi connectivity index (χ0n) is 45.6. The van der Waals surface area contributed by atoms with Crippen LogP contribution in [0.25, 0.3) is 22.2 Å². The Morgan fingerprint density at radius 3 is 2.51 bits per heavy atom. The van der Waals surface area contributed by atoms with Crippen molar-refractivity contribution in [3.8, 4) is 0 Å². The summed E-state index contributed by atoms with van der Waals surface area (Å²) in [6.45, 7) is 14.2. The lowest BCUT2D eigenvalue weighted by molar-refractivity contribution is -0.136. The van der Waals surface area contributed by atoms with Gasteiger partial charge in [-0.2, -0.15) is 0 Å². The van der Waals surface area contributed by atoms with Crippen molar-refractivity contribution in [1.82, 2.24) is 49.9 Å². The average Bonchev–Trinajstić information content (AvgIpc) is 4.38. The standard InChI is InChI=1S/C56H74N12O11/c1-33(2)66(36-27-34(28-36)11-15-43-63-38-13-12-35(56(3,4)5)29-40(38)64-43)30-42-48(71)49(72)55(79-42)67-32-62-47-50(60-31-61-51(47)67)59-19-7-6-18-58-44(69)17-21-76-23-25-78-26-24-77-22-20-57-39-10-8-9-37-46(39)54(75)68(53(37)74)41-14-16-45(70)65-52(41)73/h8-10,12-13,17,21,29,31-34,36,41-42,48-49,55,57,71-72H,6-7,11,14-16,18-20,22-28,30H2,1-5H3,(H,58,69)(H,63,64)(H,59,60,61)(H,65,70,73)/b21-17+/t34?,36?,41?,42-,48-,49-,55-/m1/s1. The fourth-order valence-electron chi connectivity index (χ4n) is 10.7. The third-order valence-corrected chi connectivity index (χ3v) is 15.1. The van der Waals surface area contributed by atoms with E-state index in [1.807, 2.05) is 0 Å². The van der Waals surface area contributed by atoms with E-state index in [1.165, 1.54) is 30.3 Å². The van der Waals surface area contributed by atoms with Gasteiger partial charge in [-0.1, -0.05) is 32.9 Å². The molecule has 2 aromatic carbocycles. The number of hydrogen-bond donors (Lipinski definition) is 7. The Morgan fingerprint density at radius 2 is 1.72 bits per heavy atom. The number of aliphatic hydroxyl groups is 2. The summed E-state index contributed by atoms with van der Waals surface area (Å²) < 4.78 is 24.6. The maximum Gasteiger partial charge on any atom is 0.264 e. The van der Waals surface area contributed by atoms with Crippen molar-refractivity contribution >= 4 is 63.2 Å². The molecule has 7 N–H and O–H groups in total. The molecule has 79 heavy (non-hydrogen) atoms. The smallest absolute Gasteiger partial charge is 0.264 e. The second kappa shape index (κ2) is 25.5. The van der Waals surface area contributed by atoms with Gasteiger partial charge in [0.15, 0.2) is 23.2 Å². The van der Waals surface area contributed by atoms with Gasteiger partial charge in [-0.15, -0.1) is 0 Å². The number of rotatable bonds is 27. The van der Waals surface area contributed by atoms with Crippen LogP contribution in [0.15, 0.2) is 61.4 Å². The maximum atomic E-state index is 13.3. The summed E-state index contributed by atoms with van der Waals surface area (Å²) in [5, 5.41) is 34.1. The van der Waals surface area contributed by atoms with E-state index in [-0.39, 0.29) is 54.5 Å². The highest BCUT2D eigenvalue weighted by Gasteiger charge is 2.48. The number of carbonyl (C=O) groups excluding carboxylic acids is 5. The predicted molar refractivity (Wildman–Crippen MR) is 292 cm³/mol. The predicted octanol–water partition coefficient (Wildman–Crippen LogP) is 4.13. The second-order valence-electron chi connectivity index (χ2n) is 22.0. The van der Waals surface area contributed by atoms with Crippen molar-refractivity contribution in [2.75, 3.05) is 69.8 Å². The first-order chi connectivity index (χ1) is 38.0. The van der Waals surface area contributed by atoms with Crippen molar-refractivity contribution in [3.63, 3.8) is 0 Å². The van der Waals surface area contributed by atoms with Gasteiger partial charge in [-0.3, -0.25) is 43.7 Å². The van der Waals surface area contributed by atoms with Crippen LogP contribution in [-0.4, -0.2) is 175 Å². The van der Waals surface area contributed by atoms with Gasteiger partial charge in [0.25, 0.3) is 11.8 Å². The van der Waals surface area contributed by atoms with Gasteiger partial charge in [-0.05, 0) is 93.5 Å². The van der Waals surface area contributed by atoms with Crippen LogP contribution in [0, 0.1) is 5.92 Å². The number of piperidine rings is 1. The average molecular weight is 1090 g/mol. The molecule has 3 aliphatic heterocycles. The molecule has 1 unspecified atom stereocenters. The third kappa shape index (κ3) is 13.4. The van der Waals surface area contributed by atoms with Crippen LogP contribution in [0.1, 0.15) is 118 Å². The Kier molecular flexibility index (Phi) is 18.3. The topological polar surface area (TPSA) is 290 Å². The number of anilines is 2. The summed E-state index contributed by atoms with van der Waals surface area (Å²) in [5.41, 5.74) is 5.24. The van der Waals surface area contributed by atoms with E-state index < -0.39 is 54.2 Å². The fraction of sp³-hybridized carbons (Fsp3) is 0.554. The number of aromatic amines is 1. The molecule has 424 valence electrons. The molecule has 0 spiro atoms. The van der Waals surface area contributed by atoms with Gasteiger partial charge in [0.2, 0.25) is 17.7 Å². The molecule has 0 radical (unpaired) electrons. The van der Waals surface area contributed by atoms with Gasteiger partial charge >= 0.3 is 0 Å². The van der Waals surface area contributed by atoms with E-state index >= 15 is 0 Å². The monoisotopic (exact) mass is 1090 g/mol. The number of carbonyl (C=O) groups is 5. The molecule has 23 heteroatoms. The Bertz CT molecular complexity index is 3000. The molecule has 5 atom stereocenters. The van der Waals surface area contributed by atoms with Gasteiger partial charge in [0.1, 0.15) is 43.1 Å². The molecule has 1 saturated carbocycles. The second-order valence-corrected chi connectivity index (χ2v) is 22.0. The summed E-state index contributed by atoms with van der Waals surface area (Å²) >= 11 is 0.